The second-order valence-electron chi connectivity index (χ2n) is 3.59. The van der Waals surface area contributed by atoms with E-state index < -0.39 is 3.79 Å². The highest BCUT2D eigenvalue weighted by molar-refractivity contribution is 6.67. The maximum absolute atomic E-state index is 7.88. The zero-order chi connectivity index (χ0) is 8.93. The summed E-state index contributed by atoms with van der Waals surface area (Å²) in [6, 6.07) is 0. The second kappa shape index (κ2) is 2.68. The van der Waals surface area contributed by atoms with Crippen LogP contribution in [-0.4, -0.2) is 3.79 Å². The molecule has 2 aliphatic rings. The Kier molecular flexibility index (Phi) is 1.78. The third kappa shape index (κ3) is 1.50. The van der Waals surface area contributed by atoms with Gasteiger partial charge in [-0.2, -0.15) is 0 Å². The van der Waals surface area contributed by atoms with Gasteiger partial charge in [-0.25, -0.2) is 0 Å². The van der Waals surface area contributed by atoms with Crippen molar-refractivity contribution in [3.05, 3.63) is 0 Å². The van der Waals surface area contributed by atoms with Crippen molar-refractivity contribution < 1.29 is 1.37 Å². The van der Waals surface area contributed by atoms with E-state index in [2.05, 4.69) is 0 Å². The molecule has 2 rings (SSSR count). The van der Waals surface area contributed by atoms with Crippen LogP contribution in [-0.2, 0) is 0 Å². The molecule has 0 heterocycles. The van der Waals surface area contributed by atoms with Crippen molar-refractivity contribution in [2.45, 2.75) is 29.5 Å². The molecular weight excluding hydrogens is 202 g/mol. The Labute approximate surface area is 83.6 Å². The molecule has 0 nitrogen and oxygen atoms in total. The molecule has 0 N–H and O–H groups in total. The normalized spacial score (nSPS) is 51.4. The lowest BCUT2D eigenvalue weighted by Crippen LogP contribution is -2.24. The summed E-state index contributed by atoms with van der Waals surface area (Å²) < 4.78 is 6.66. The third-order valence-electron chi connectivity index (χ3n) is 2.88. The van der Waals surface area contributed by atoms with Crippen molar-refractivity contribution in [1.82, 2.24) is 0 Å². The molecule has 2 fully saturated rings. The Morgan fingerprint density at radius 1 is 1.27 bits per heavy atom. The van der Waals surface area contributed by atoms with Gasteiger partial charge in [-0.1, -0.05) is 41.2 Å². The van der Waals surface area contributed by atoms with E-state index in [1.807, 2.05) is 0 Å². The molecule has 2 saturated carbocycles. The van der Waals surface area contributed by atoms with Crippen LogP contribution in [0.1, 0.15) is 27.0 Å². The minimum Gasteiger partial charge on any atom is -0.0834 e. The molecule has 0 aromatic rings. The zero-order valence-electron chi connectivity index (χ0n) is 7.06. The highest BCUT2D eigenvalue weighted by Gasteiger charge is 2.48. The van der Waals surface area contributed by atoms with Gasteiger partial charge in [-0.05, 0) is 31.1 Å². The van der Waals surface area contributed by atoms with Crippen LogP contribution in [0.2, 0.25) is 0 Å². The molecular formula is C8H11Cl3. The van der Waals surface area contributed by atoms with Crippen LogP contribution in [0.15, 0.2) is 0 Å². The predicted octanol–water partition coefficient (Wildman–Crippen LogP) is 3.79. The van der Waals surface area contributed by atoms with Crippen LogP contribution < -0.4 is 0 Å². The number of halogens is 3. The molecule has 3 heteroatoms. The van der Waals surface area contributed by atoms with Gasteiger partial charge in [0.15, 0.2) is 3.79 Å². The van der Waals surface area contributed by atoms with Gasteiger partial charge in [0.2, 0.25) is 0 Å². The summed E-state index contributed by atoms with van der Waals surface area (Å²) >= 11 is 17.5. The Morgan fingerprint density at radius 2 is 2.00 bits per heavy atom. The Balaban J connectivity index is 2.17. The lowest BCUT2D eigenvalue weighted by Gasteiger charge is -2.27. The third-order valence-corrected chi connectivity index (χ3v) is 3.64. The summed E-state index contributed by atoms with van der Waals surface area (Å²) in [6.07, 6.45) is 3.28. The van der Waals surface area contributed by atoms with Gasteiger partial charge in [0.1, 0.15) is 0 Å². The molecule has 2 bridgehead atoms. The molecule has 0 aromatic carbocycles. The molecule has 0 aromatic heterocycles. The monoisotopic (exact) mass is 213 g/mol. The number of hydrogen-bond acceptors (Lipinski definition) is 0. The maximum atomic E-state index is 7.88. The van der Waals surface area contributed by atoms with Gasteiger partial charge < -0.3 is 0 Å². The topological polar surface area (TPSA) is 0 Å². The fourth-order valence-corrected chi connectivity index (χ4v) is 3.13. The molecule has 2 aliphatic carbocycles. The number of alkyl halides is 3. The van der Waals surface area contributed by atoms with E-state index in [0.717, 1.165) is 19.3 Å². The Morgan fingerprint density at radius 3 is 2.36 bits per heavy atom. The van der Waals surface area contributed by atoms with E-state index in [0.29, 0.717) is 11.8 Å². The van der Waals surface area contributed by atoms with Crippen LogP contribution in [0, 0.1) is 17.8 Å². The lowest BCUT2D eigenvalue weighted by molar-refractivity contribution is 0.337. The SMILES string of the molecule is [2H][C@H]1[C@H]2CC[C@H](C2)[C@@H]1C(Cl)(Cl)Cl. The average Bonchev–Trinajstić information content (AvgIpc) is 2.42. The van der Waals surface area contributed by atoms with Gasteiger partial charge >= 0.3 is 0 Å². The molecule has 0 saturated heterocycles. The standard InChI is InChI=1S/C8H11Cl3/c9-8(10,11)7-4-5-1-2-6(7)3-5/h5-7H,1-4H2/t5-,6+,7+/m0/s1/i4D/t4-,5-,6+,7+. The molecule has 0 radical (unpaired) electrons. The van der Waals surface area contributed by atoms with Crippen molar-refractivity contribution in [1.29, 1.82) is 0 Å². The second-order valence-corrected chi connectivity index (χ2v) is 5.96. The van der Waals surface area contributed by atoms with Gasteiger partial charge in [0.25, 0.3) is 0 Å². The fraction of sp³-hybridized carbons (Fsp3) is 1.00. The smallest absolute Gasteiger partial charge is 0.0834 e. The molecule has 4 atom stereocenters. The van der Waals surface area contributed by atoms with Crippen LogP contribution in [0.5, 0.6) is 0 Å². The first-order valence-electron chi connectivity index (χ1n) is 4.57. The fourth-order valence-electron chi connectivity index (χ4n) is 2.38. The maximum Gasteiger partial charge on any atom is 0.193 e. The van der Waals surface area contributed by atoms with Crippen LogP contribution in [0.4, 0.5) is 0 Å². The van der Waals surface area contributed by atoms with Gasteiger partial charge in [-0.3, -0.25) is 0 Å². The molecule has 0 aliphatic heterocycles. The summed E-state index contributed by atoms with van der Waals surface area (Å²) in [5.74, 6) is 0.960. The van der Waals surface area contributed by atoms with E-state index in [1.165, 1.54) is 0 Å². The van der Waals surface area contributed by atoms with Crippen LogP contribution in [0.25, 0.3) is 0 Å². The van der Waals surface area contributed by atoms with Crippen molar-refractivity contribution in [3.63, 3.8) is 0 Å². The van der Waals surface area contributed by atoms with Gasteiger partial charge in [0.05, 0.1) is 0 Å². The van der Waals surface area contributed by atoms with Crippen molar-refractivity contribution >= 4 is 34.8 Å². The first-order chi connectivity index (χ1) is 5.50. The molecule has 0 unspecified atom stereocenters. The Hall–Kier alpha value is 0.870. The summed E-state index contributed by atoms with van der Waals surface area (Å²) in [5, 5.41) is 0. The van der Waals surface area contributed by atoms with Crippen molar-refractivity contribution in [2.24, 2.45) is 17.8 Å². The van der Waals surface area contributed by atoms with E-state index in [9.17, 15) is 0 Å². The minimum atomic E-state index is -1.22. The van der Waals surface area contributed by atoms with Gasteiger partial charge in [0, 0.05) is 7.29 Å². The van der Waals surface area contributed by atoms with Crippen molar-refractivity contribution in [3.8, 4) is 0 Å². The van der Waals surface area contributed by atoms with E-state index in [4.69, 9.17) is 36.2 Å². The summed E-state index contributed by atoms with van der Waals surface area (Å²) in [4.78, 5) is 0. The van der Waals surface area contributed by atoms with Crippen molar-refractivity contribution in [2.75, 3.05) is 0 Å². The van der Waals surface area contributed by atoms with Gasteiger partial charge in [-0.15, -0.1) is 0 Å². The number of rotatable bonds is 0. The quantitative estimate of drug-likeness (QED) is 0.538. The number of fused-ring (bicyclic) bond motifs is 2. The van der Waals surface area contributed by atoms with E-state index in [1.54, 1.807) is 0 Å². The molecule has 0 amide bonds. The summed E-state index contributed by atoms with van der Waals surface area (Å²) in [5.41, 5.74) is 0. The first kappa shape index (κ1) is 7.29. The van der Waals surface area contributed by atoms with E-state index in [-0.39, 0.29) is 12.3 Å². The lowest BCUT2D eigenvalue weighted by atomic mass is 9.90. The molecule has 64 valence electrons. The summed E-state index contributed by atoms with van der Waals surface area (Å²) in [6.45, 7) is 0. The van der Waals surface area contributed by atoms with Crippen LogP contribution in [0.3, 0.4) is 0 Å². The molecule has 11 heavy (non-hydrogen) atoms. The Bertz CT molecular complexity index is 187. The first-order valence-corrected chi connectivity index (χ1v) is 5.12. The highest BCUT2D eigenvalue weighted by atomic mass is 35.6. The van der Waals surface area contributed by atoms with E-state index >= 15 is 0 Å². The largest absolute Gasteiger partial charge is 0.193 e. The zero-order valence-corrected chi connectivity index (χ0v) is 8.33. The predicted molar refractivity (Wildman–Crippen MR) is 49.2 cm³/mol. The molecule has 0 spiro atoms. The summed E-state index contributed by atoms with van der Waals surface area (Å²) in [7, 11) is 0. The number of hydrogen-bond donors (Lipinski definition) is 0. The average molecular weight is 215 g/mol. The highest BCUT2D eigenvalue weighted by Crippen LogP contribution is 2.56. The van der Waals surface area contributed by atoms with Crippen LogP contribution >= 0.6 is 34.8 Å². The minimum absolute atomic E-state index is 0.0266.